The highest BCUT2D eigenvalue weighted by Crippen LogP contribution is 2.18. The second-order valence-corrected chi connectivity index (χ2v) is 3.66. The Morgan fingerprint density at radius 1 is 1.32 bits per heavy atom. The van der Waals surface area contributed by atoms with Crippen molar-refractivity contribution in [3.8, 4) is 0 Å². The van der Waals surface area contributed by atoms with Gasteiger partial charge in [-0.05, 0) is 12.1 Å². The first-order valence-electron chi connectivity index (χ1n) is 5.46. The number of hydrogen-bond acceptors (Lipinski definition) is 5. The van der Waals surface area contributed by atoms with Gasteiger partial charge < -0.3 is 15.1 Å². The van der Waals surface area contributed by atoms with Gasteiger partial charge in [0.05, 0.1) is 18.1 Å². The molecular formula is C11H13FN2O5. The van der Waals surface area contributed by atoms with Crippen molar-refractivity contribution in [2.45, 2.75) is 0 Å². The zero-order valence-corrected chi connectivity index (χ0v) is 9.95. The second-order valence-electron chi connectivity index (χ2n) is 3.66. The van der Waals surface area contributed by atoms with Crippen molar-refractivity contribution in [1.82, 2.24) is 4.90 Å². The molecule has 0 unspecified atom stereocenters. The molecule has 0 aliphatic carbocycles. The van der Waals surface area contributed by atoms with Crippen LogP contribution in [0.3, 0.4) is 0 Å². The Morgan fingerprint density at radius 2 is 1.89 bits per heavy atom. The number of carbonyl (C=O) groups excluding carboxylic acids is 1. The van der Waals surface area contributed by atoms with Gasteiger partial charge in [0.15, 0.2) is 0 Å². The summed E-state index contributed by atoms with van der Waals surface area (Å²) in [6.07, 6.45) is 0. The number of nitrogens with zero attached hydrogens (tertiary/aromatic N) is 2. The first kappa shape index (κ1) is 15.0. The lowest BCUT2D eigenvalue weighted by Crippen LogP contribution is -2.35. The monoisotopic (exact) mass is 272 g/mol. The fourth-order valence-electron chi connectivity index (χ4n) is 1.53. The number of aliphatic hydroxyl groups is 2. The summed E-state index contributed by atoms with van der Waals surface area (Å²) in [4.78, 5) is 22.6. The summed E-state index contributed by atoms with van der Waals surface area (Å²) in [5.41, 5.74) is -0.794. The molecule has 1 aromatic carbocycles. The van der Waals surface area contributed by atoms with Gasteiger partial charge in [-0.3, -0.25) is 14.9 Å². The highest BCUT2D eigenvalue weighted by Gasteiger charge is 2.20. The molecule has 0 fully saturated rings. The highest BCUT2D eigenvalue weighted by atomic mass is 19.1. The molecule has 0 aliphatic rings. The molecule has 0 atom stereocenters. The number of nitro benzene ring substituents is 1. The Balaban J connectivity index is 2.98. The van der Waals surface area contributed by atoms with E-state index in [2.05, 4.69) is 0 Å². The van der Waals surface area contributed by atoms with Crippen molar-refractivity contribution in [2.75, 3.05) is 26.3 Å². The molecular weight excluding hydrogens is 259 g/mol. The maximum absolute atomic E-state index is 13.4. The number of hydrogen-bond donors (Lipinski definition) is 2. The number of aliphatic hydroxyl groups excluding tert-OH is 2. The summed E-state index contributed by atoms with van der Waals surface area (Å²) in [7, 11) is 0. The highest BCUT2D eigenvalue weighted by molar-refractivity contribution is 5.94. The van der Waals surface area contributed by atoms with Crippen molar-refractivity contribution in [3.05, 3.63) is 39.7 Å². The van der Waals surface area contributed by atoms with E-state index in [1.165, 1.54) is 0 Å². The normalized spacial score (nSPS) is 10.3. The smallest absolute Gasteiger partial charge is 0.304 e. The fourth-order valence-corrected chi connectivity index (χ4v) is 1.53. The predicted octanol–water partition coefficient (Wildman–Crippen LogP) is 0.161. The van der Waals surface area contributed by atoms with Crippen molar-refractivity contribution >= 4 is 11.6 Å². The van der Waals surface area contributed by atoms with Crippen molar-refractivity contribution in [3.63, 3.8) is 0 Å². The molecule has 7 nitrogen and oxygen atoms in total. The molecule has 19 heavy (non-hydrogen) atoms. The van der Waals surface area contributed by atoms with Gasteiger partial charge in [-0.1, -0.05) is 0 Å². The van der Waals surface area contributed by atoms with Crippen LogP contribution in [0, 0.1) is 15.9 Å². The van der Waals surface area contributed by atoms with Crippen LogP contribution in [0.15, 0.2) is 18.2 Å². The van der Waals surface area contributed by atoms with Gasteiger partial charge in [0.1, 0.15) is 0 Å². The first-order chi connectivity index (χ1) is 9.01. The lowest BCUT2D eigenvalue weighted by atomic mass is 10.1. The molecule has 8 heteroatoms. The minimum absolute atomic E-state index is 0.0159. The van der Waals surface area contributed by atoms with Crippen LogP contribution < -0.4 is 0 Å². The van der Waals surface area contributed by atoms with Crippen LogP contribution in [0.1, 0.15) is 10.4 Å². The van der Waals surface area contributed by atoms with Gasteiger partial charge in [-0.25, -0.2) is 0 Å². The number of benzene rings is 1. The van der Waals surface area contributed by atoms with Gasteiger partial charge in [-0.15, -0.1) is 0 Å². The molecule has 0 aromatic heterocycles. The zero-order chi connectivity index (χ0) is 14.4. The van der Waals surface area contributed by atoms with E-state index < -0.39 is 22.3 Å². The van der Waals surface area contributed by atoms with Crippen LogP contribution in [0.2, 0.25) is 0 Å². The molecule has 0 radical (unpaired) electrons. The Morgan fingerprint density at radius 3 is 2.32 bits per heavy atom. The third-order valence-corrected chi connectivity index (χ3v) is 2.42. The van der Waals surface area contributed by atoms with Crippen molar-refractivity contribution in [2.24, 2.45) is 0 Å². The van der Waals surface area contributed by atoms with E-state index in [9.17, 15) is 19.3 Å². The first-order valence-corrected chi connectivity index (χ1v) is 5.46. The Labute approximate surface area is 108 Å². The standard InChI is InChI=1S/C11H13FN2O5/c12-9-7-8(1-2-10(9)14(18)19)11(17)13(3-5-15)4-6-16/h1-2,7,15-16H,3-6H2. The van der Waals surface area contributed by atoms with Gasteiger partial charge in [0.25, 0.3) is 5.91 Å². The predicted molar refractivity (Wildman–Crippen MR) is 63.1 cm³/mol. The molecule has 1 rings (SSSR count). The third-order valence-electron chi connectivity index (χ3n) is 2.42. The van der Waals surface area contributed by atoms with Gasteiger partial charge in [0.2, 0.25) is 5.82 Å². The second kappa shape index (κ2) is 6.76. The van der Waals surface area contributed by atoms with E-state index in [0.717, 1.165) is 23.1 Å². The molecule has 1 aromatic rings. The summed E-state index contributed by atoms with van der Waals surface area (Å²) in [5, 5.41) is 28.0. The van der Waals surface area contributed by atoms with Gasteiger partial charge in [-0.2, -0.15) is 4.39 Å². The number of carbonyl (C=O) groups is 1. The SMILES string of the molecule is O=C(c1ccc([N+](=O)[O-])c(F)c1)N(CCO)CCO. The van der Waals surface area contributed by atoms with Gasteiger partial charge in [0, 0.05) is 24.7 Å². The van der Waals surface area contributed by atoms with Crippen LogP contribution in [0.5, 0.6) is 0 Å². The Hall–Kier alpha value is -2.06. The Bertz CT molecular complexity index is 474. The number of halogens is 1. The minimum atomic E-state index is -1.11. The summed E-state index contributed by atoms with van der Waals surface area (Å²) >= 11 is 0. The fraction of sp³-hybridized carbons (Fsp3) is 0.364. The quantitative estimate of drug-likeness (QED) is 0.567. The molecule has 1 amide bonds. The van der Waals surface area contributed by atoms with E-state index in [0.29, 0.717) is 0 Å². The molecule has 0 aliphatic heterocycles. The number of nitro groups is 1. The van der Waals surface area contributed by atoms with Crippen molar-refractivity contribution in [1.29, 1.82) is 0 Å². The molecule has 104 valence electrons. The van der Waals surface area contributed by atoms with Crippen LogP contribution in [0.4, 0.5) is 10.1 Å². The topological polar surface area (TPSA) is 104 Å². The largest absolute Gasteiger partial charge is 0.395 e. The number of amides is 1. The summed E-state index contributed by atoms with van der Waals surface area (Å²) in [5.74, 6) is -1.72. The summed E-state index contributed by atoms with van der Waals surface area (Å²) in [6, 6.07) is 2.80. The van der Waals surface area contributed by atoms with Crippen LogP contribution in [-0.2, 0) is 0 Å². The van der Waals surface area contributed by atoms with E-state index in [-0.39, 0.29) is 31.9 Å². The molecule has 0 saturated carbocycles. The maximum Gasteiger partial charge on any atom is 0.304 e. The molecule has 0 bridgehead atoms. The molecule has 0 heterocycles. The third kappa shape index (κ3) is 3.70. The Kier molecular flexibility index (Phi) is 5.34. The average Bonchev–Trinajstić information content (AvgIpc) is 2.37. The van der Waals surface area contributed by atoms with E-state index >= 15 is 0 Å². The lowest BCUT2D eigenvalue weighted by Gasteiger charge is -2.20. The van der Waals surface area contributed by atoms with Crippen LogP contribution in [0.25, 0.3) is 0 Å². The zero-order valence-electron chi connectivity index (χ0n) is 9.95. The van der Waals surface area contributed by atoms with Gasteiger partial charge >= 0.3 is 5.69 Å². The van der Waals surface area contributed by atoms with E-state index in [4.69, 9.17) is 10.2 Å². The number of rotatable bonds is 6. The van der Waals surface area contributed by atoms with Crippen LogP contribution in [-0.4, -0.2) is 52.2 Å². The van der Waals surface area contributed by atoms with E-state index in [1.54, 1.807) is 0 Å². The van der Waals surface area contributed by atoms with Crippen LogP contribution >= 0.6 is 0 Å². The van der Waals surface area contributed by atoms with Crippen molar-refractivity contribution < 1.29 is 24.3 Å². The lowest BCUT2D eigenvalue weighted by molar-refractivity contribution is -0.387. The average molecular weight is 272 g/mol. The maximum atomic E-state index is 13.4. The summed E-state index contributed by atoms with van der Waals surface area (Å²) < 4.78 is 13.4. The van der Waals surface area contributed by atoms with E-state index in [1.807, 2.05) is 0 Å². The summed E-state index contributed by atoms with van der Waals surface area (Å²) in [6.45, 7) is -0.640. The molecule has 0 saturated heterocycles. The minimum Gasteiger partial charge on any atom is -0.395 e. The molecule has 0 spiro atoms. The molecule has 2 N–H and O–H groups in total.